The standard InChI is InChI=1S/C8H11ClNO3P/c9-7-3-1-2-6(4-7)5-8(10)14(11,12)13/h1-4,8H,5,10H2,(H2,11,12,13). The van der Waals surface area contributed by atoms with Gasteiger partial charge < -0.3 is 15.5 Å². The molecule has 0 aliphatic carbocycles. The Hall–Kier alpha value is -0.380. The zero-order valence-corrected chi connectivity index (χ0v) is 8.95. The van der Waals surface area contributed by atoms with E-state index in [2.05, 4.69) is 0 Å². The molecular formula is C8H11ClNO3P. The van der Waals surface area contributed by atoms with Gasteiger partial charge in [-0.15, -0.1) is 0 Å². The Morgan fingerprint density at radius 1 is 1.50 bits per heavy atom. The van der Waals surface area contributed by atoms with Gasteiger partial charge in [-0.25, -0.2) is 0 Å². The maximum Gasteiger partial charge on any atom is 0.342 e. The average Bonchev–Trinajstić information content (AvgIpc) is 2.02. The van der Waals surface area contributed by atoms with Crippen LogP contribution in [-0.4, -0.2) is 15.6 Å². The summed E-state index contributed by atoms with van der Waals surface area (Å²) in [5.41, 5.74) is 6.04. The fraction of sp³-hybridized carbons (Fsp3) is 0.250. The third kappa shape index (κ3) is 3.40. The molecule has 1 rings (SSSR count). The van der Waals surface area contributed by atoms with E-state index >= 15 is 0 Å². The highest BCUT2D eigenvalue weighted by Gasteiger charge is 2.24. The number of rotatable bonds is 3. The van der Waals surface area contributed by atoms with E-state index in [9.17, 15) is 4.57 Å². The highest BCUT2D eigenvalue weighted by molar-refractivity contribution is 7.52. The first-order valence-corrected chi connectivity index (χ1v) is 6.01. The van der Waals surface area contributed by atoms with E-state index in [-0.39, 0.29) is 6.42 Å². The largest absolute Gasteiger partial charge is 0.342 e. The number of hydrogen-bond donors (Lipinski definition) is 3. The molecule has 0 saturated heterocycles. The molecule has 0 aliphatic heterocycles. The van der Waals surface area contributed by atoms with Crippen LogP contribution < -0.4 is 5.73 Å². The zero-order chi connectivity index (χ0) is 10.8. The van der Waals surface area contributed by atoms with Crippen LogP contribution in [-0.2, 0) is 11.0 Å². The predicted molar refractivity (Wildman–Crippen MR) is 55.2 cm³/mol. The Morgan fingerprint density at radius 2 is 2.14 bits per heavy atom. The van der Waals surface area contributed by atoms with E-state index in [0.717, 1.165) is 0 Å². The smallest absolute Gasteiger partial charge is 0.323 e. The maximum absolute atomic E-state index is 10.8. The van der Waals surface area contributed by atoms with Gasteiger partial charge in [0.25, 0.3) is 0 Å². The van der Waals surface area contributed by atoms with Crippen molar-refractivity contribution in [2.24, 2.45) is 5.73 Å². The fourth-order valence-electron chi connectivity index (χ4n) is 1.02. The maximum atomic E-state index is 10.8. The molecule has 1 aromatic carbocycles. The van der Waals surface area contributed by atoms with Gasteiger partial charge in [0, 0.05) is 5.02 Å². The van der Waals surface area contributed by atoms with Crippen molar-refractivity contribution in [3.63, 3.8) is 0 Å². The Kier molecular flexibility index (Phi) is 3.70. The average molecular weight is 236 g/mol. The summed E-state index contributed by atoms with van der Waals surface area (Å²) in [5.74, 6) is -1.17. The third-order valence-electron chi connectivity index (χ3n) is 1.77. The van der Waals surface area contributed by atoms with E-state index in [1.54, 1.807) is 24.3 Å². The van der Waals surface area contributed by atoms with Gasteiger partial charge in [-0.05, 0) is 24.1 Å². The Balaban J connectivity index is 2.75. The topological polar surface area (TPSA) is 83.6 Å². The molecule has 0 spiro atoms. The van der Waals surface area contributed by atoms with E-state index < -0.39 is 13.4 Å². The minimum Gasteiger partial charge on any atom is -0.323 e. The van der Waals surface area contributed by atoms with Crippen LogP contribution in [0.25, 0.3) is 0 Å². The lowest BCUT2D eigenvalue weighted by Gasteiger charge is -2.13. The number of benzene rings is 1. The molecule has 0 fully saturated rings. The molecule has 1 atom stereocenters. The van der Waals surface area contributed by atoms with Crippen molar-refractivity contribution in [3.8, 4) is 0 Å². The van der Waals surface area contributed by atoms with Crippen molar-refractivity contribution < 1.29 is 14.4 Å². The van der Waals surface area contributed by atoms with Gasteiger partial charge in [-0.1, -0.05) is 23.7 Å². The summed E-state index contributed by atoms with van der Waals surface area (Å²) in [4.78, 5) is 17.5. The Labute approximate surface area is 86.9 Å². The summed E-state index contributed by atoms with van der Waals surface area (Å²) >= 11 is 5.71. The Morgan fingerprint density at radius 3 is 2.64 bits per heavy atom. The Bertz CT molecular complexity index is 365. The molecule has 0 bridgehead atoms. The van der Waals surface area contributed by atoms with Crippen LogP contribution in [0.4, 0.5) is 0 Å². The summed E-state index contributed by atoms with van der Waals surface area (Å²) in [6, 6.07) is 6.76. The lowest BCUT2D eigenvalue weighted by molar-refractivity contribution is 0.358. The van der Waals surface area contributed by atoms with Crippen molar-refractivity contribution in [1.29, 1.82) is 0 Å². The van der Waals surface area contributed by atoms with Gasteiger partial charge in [0.2, 0.25) is 0 Å². The monoisotopic (exact) mass is 235 g/mol. The van der Waals surface area contributed by atoms with Crippen LogP contribution in [0.1, 0.15) is 5.56 Å². The highest BCUT2D eigenvalue weighted by Crippen LogP contribution is 2.39. The molecule has 0 amide bonds. The molecule has 4 N–H and O–H groups in total. The lowest BCUT2D eigenvalue weighted by Crippen LogP contribution is -2.22. The molecule has 0 saturated carbocycles. The third-order valence-corrected chi connectivity index (χ3v) is 3.05. The molecule has 0 heterocycles. The van der Waals surface area contributed by atoms with E-state index in [0.29, 0.717) is 10.6 Å². The van der Waals surface area contributed by atoms with Crippen molar-refractivity contribution in [3.05, 3.63) is 34.9 Å². The van der Waals surface area contributed by atoms with Crippen molar-refractivity contribution in [2.45, 2.75) is 12.2 Å². The predicted octanol–water partition coefficient (Wildman–Crippen LogP) is 1.34. The molecule has 0 aromatic heterocycles. The lowest BCUT2D eigenvalue weighted by atomic mass is 10.1. The van der Waals surface area contributed by atoms with Crippen LogP contribution in [0, 0.1) is 0 Å². The number of halogens is 1. The summed E-state index contributed by atoms with van der Waals surface area (Å²) in [5, 5.41) is 0.528. The molecule has 14 heavy (non-hydrogen) atoms. The van der Waals surface area contributed by atoms with Gasteiger partial charge >= 0.3 is 7.60 Å². The molecular weight excluding hydrogens is 225 g/mol. The van der Waals surface area contributed by atoms with Gasteiger partial charge in [0.05, 0.1) is 0 Å². The van der Waals surface area contributed by atoms with E-state index in [4.69, 9.17) is 27.1 Å². The molecule has 6 heteroatoms. The quantitative estimate of drug-likeness (QED) is 0.691. The number of hydrogen-bond acceptors (Lipinski definition) is 2. The van der Waals surface area contributed by atoms with E-state index in [1.807, 2.05) is 0 Å². The molecule has 4 nitrogen and oxygen atoms in total. The fourth-order valence-corrected chi connectivity index (χ4v) is 1.69. The van der Waals surface area contributed by atoms with Crippen LogP contribution in [0.2, 0.25) is 5.02 Å². The SMILES string of the molecule is NC(Cc1cccc(Cl)c1)P(=O)(O)O. The molecule has 0 radical (unpaired) electrons. The summed E-state index contributed by atoms with van der Waals surface area (Å²) in [6.45, 7) is 0. The minimum atomic E-state index is -4.20. The van der Waals surface area contributed by atoms with Crippen LogP contribution in [0.3, 0.4) is 0 Å². The second kappa shape index (κ2) is 4.43. The molecule has 1 unspecified atom stereocenters. The van der Waals surface area contributed by atoms with Crippen molar-refractivity contribution in [1.82, 2.24) is 0 Å². The normalized spacial score (nSPS) is 14.0. The first-order chi connectivity index (χ1) is 6.39. The minimum absolute atomic E-state index is 0.116. The summed E-state index contributed by atoms with van der Waals surface area (Å²) in [7, 11) is -4.20. The van der Waals surface area contributed by atoms with Gasteiger partial charge in [0.1, 0.15) is 5.78 Å². The van der Waals surface area contributed by atoms with Crippen molar-refractivity contribution >= 4 is 19.2 Å². The first-order valence-electron chi connectivity index (χ1n) is 3.95. The summed E-state index contributed by atoms with van der Waals surface area (Å²) in [6.07, 6.45) is 0.116. The van der Waals surface area contributed by atoms with Crippen LogP contribution >= 0.6 is 19.2 Å². The van der Waals surface area contributed by atoms with Gasteiger partial charge in [0.15, 0.2) is 0 Å². The molecule has 78 valence electrons. The highest BCUT2D eigenvalue weighted by atomic mass is 35.5. The van der Waals surface area contributed by atoms with Crippen molar-refractivity contribution in [2.75, 3.05) is 0 Å². The zero-order valence-electron chi connectivity index (χ0n) is 7.30. The first kappa shape index (κ1) is 11.7. The van der Waals surface area contributed by atoms with Crippen LogP contribution in [0.15, 0.2) is 24.3 Å². The van der Waals surface area contributed by atoms with Gasteiger partial charge in [-0.3, -0.25) is 4.57 Å². The second-order valence-corrected chi connectivity index (χ2v) is 5.27. The number of nitrogens with two attached hydrogens (primary N) is 1. The second-order valence-electron chi connectivity index (χ2n) is 2.99. The van der Waals surface area contributed by atoms with Gasteiger partial charge in [-0.2, -0.15) is 0 Å². The summed E-state index contributed by atoms with van der Waals surface area (Å²) < 4.78 is 10.8. The van der Waals surface area contributed by atoms with Crippen LogP contribution in [0.5, 0.6) is 0 Å². The molecule has 0 aliphatic rings. The van der Waals surface area contributed by atoms with E-state index in [1.165, 1.54) is 0 Å². The molecule has 1 aromatic rings.